The number of piperazine rings is 1. The van der Waals surface area contributed by atoms with Gasteiger partial charge in [-0.2, -0.15) is 0 Å². The van der Waals surface area contributed by atoms with E-state index in [1.165, 1.54) is 0 Å². The van der Waals surface area contributed by atoms with Gasteiger partial charge in [-0.1, -0.05) is 0 Å². The molecule has 21 heavy (non-hydrogen) atoms. The average Bonchev–Trinajstić information content (AvgIpc) is 2.43. The minimum atomic E-state index is -0.731. The molecule has 1 aliphatic carbocycles. The quantitative estimate of drug-likeness (QED) is 0.654. The van der Waals surface area contributed by atoms with Crippen molar-refractivity contribution in [3.05, 3.63) is 0 Å². The molecular weight excluding hydrogens is 270 g/mol. The van der Waals surface area contributed by atoms with E-state index in [1.807, 2.05) is 0 Å². The molecule has 0 bridgehead atoms. The molecule has 1 saturated carbocycles. The van der Waals surface area contributed by atoms with Gasteiger partial charge in [0.25, 0.3) is 0 Å². The summed E-state index contributed by atoms with van der Waals surface area (Å²) in [5.41, 5.74) is -0.731. The maximum atomic E-state index is 10.9. The highest BCUT2D eigenvalue weighted by Gasteiger charge is 2.35. The van der Waals surface area contributed by atoms with Crippen molar-refractivity contribution in [3.63, 3.8) is 0 Å². The Labute approximate surface area is 127 Å². The maximum absolute atomic E-state index is 10.9. The smallest absolute Gasteiger partial charge is 0.306 e. The molecule has 0 aromatic carbocycles. The van der Waals surface area contributed by atoms with Gasteiger partial charge in [-0.15, -0.1) is 0 Å². The van der Waals surface area contributed by atoms with Crippen LogP contribution in [0.15, 0.2) is 0 Å². The molecule has 1 saturated heterocycles. The molecule has 6 heteroatoms. The Morgan fingerprint density at radius 1 is 1.29 bits per heavy atom. The zero-order valence-electron chi connectivity index (χ0n) is 13.2. The number of carbonyl (C=O) groups is 1. The molecule has 0 aromatic heterocycles. The largest absolute Gasteiger partial charge is 0.481 e. The maximum Gasteiger partial charge on any atom is 0.306 e. The van der Waals surface area contributed by atoms with Crippen LogP contribution in [0.4, 0.5) is 0 Å². The summed E-state index contributed by atoms with van der Waals surface area (Å²) in [6.45, 7) is 4.66. The fourth-order valence-electron chi connectivity index (χ4n) is 3.37. The van der Waals surface area contributed by atoms with Crippen LogP contribution in [0.2, 0.25) is 0 Å². The molecule has 1 heterocycles. The lowest BCUT2D eigenvalue weighted by atomic mass is 9.79. The Kier molecular flexibility index (Phi) is 5.60. The van der Waals surface area contributed by atoms with Gasteiger partial charge in [-0.05, 0) is 39.8 Å². The summed E-state index contributed by atoms with van der Waals surface area (Å²) in [5, 5.41) is 22.9. The number of carboxylic acids is 1. The fourth-order valence-corrected chi connectivity index (χ4v) is 3.37. The van der Waals surface area contributed by atoms with E-state index in [9.17, 15) is 9.90 Å². The number of aliphatic carboxylic acids is 1. The first kappa shape index (κ1) is 16.7. The molecule has 3 N–H and O–H groups in total. The number of hydrogen-bond donors (Lipinski definition) is 3. The Bertz CT molecular complexity index is 356. The van der Waals surface area contributed by atoms with Gasteiger partial charge in [-0.25, -0.2) is 0 Å². The van der Waals surface area contributed by atoms with E-state index in [-0.39, 0.29) is 5.92 Å². The van der Waals surface area contributed by atoms with Crippen molar-refractivity contribution < 1.29 is 15.0 Å². The standard InChI is InChI=1S/C15H29N3O3/c1-17-7-8-18(2)13(10-17)9-16-11-15(21)5-3-12(4-6-15)14(19)20/h12-13,16,21H,3-11H2,1-2H3,(H,19,20). The van der Waals surface area contributed by atoms with Crippen molar-refractivity contribution in [2.75, 3.05) is 46.8 Å². The monoisotopic (exact) mass is 299 g/mol. The Hall–Kier alpha value is -0.690. The SMILES string of the molecule is CN1CCN(C)C(CNCC2(O)CCC(C(=O)O)CC2)C1. The van der Waals surface area contributed by atoms with Crippen molar-refractivity contribution in [2.24, 2.45) is 5.92 Å². The molecule has 0 spiro atoms. The van der Waals surface area contributed by atoms with Gasteiger partial charge < -0.3 is 20.4 Å². The van der Waals surface area contributed by atoms with Crippen molar-refractivity contribution in [1.29, 1.82) is 0 Å². The molecule has 0 amide bonds. The topological polar surface area (TPSA) is 76.0 Å². The minimum absolute atomic E-state index is 0.275. The predicted octanol–water partition coefficient (Wildman–Crippen LogP) is -0.172. The summed E-state index contributed by atoms with van der Waals surface area (Å²) in [7, 11) is 4.28. The van der Waals surface area contributed by atoms with Crippen LogP contribution in [-0.4, -0.2) is 84.4 Å². The second-order valence-corrected chi connectivity index (χ2v) is 6.86. The minimum Gasteiger partial charge on any atom is -0.481 e. The van der Waals surface area contributed by atoms with Gasteiger partial charge >= 0.3 is 5.97 Å². The van der Waals surface area contributed by atoms with Gasteiger partial charge in [0, 0.05) is 38.8 Å². The van der Waals surface area contributed by atoms with Gasteiger partial charge in [0.05, 0.1) is 11.5 Å². The lowest BCUT2D eigenvalue weighted by molar-refractivity contribution is -0.144. The van der Waals surface area contributed by atoms with E-state index in [0.29, 0.717) is 38.3 Å². The third kappa shape index (κ3) is 4.64. The third-order valence-corrected chi connectivity index (χ3v) is 5.08. The molecular formula is C15H29N3O3. The van der Waals surface area contributed by atoms with E-state index in [0.717, 1.165) is 26.2 Å². The van der Waals surface area contributed by atoms with Gasteiger partial charge in [0.15, 0.2) is 0 Å². The molecule has 0 radical (unpaired) electrons. The van der Waals surface area contributed by atoms with Crippen LogP contribution in [0.5, 0.6) is 0 Å². The highest BCUT2D eigenvalue weighted by Crippen LogP contribution is 2.31. The molecule has 122 valence electrons. The molecule has 2 aliphatic rings. The Balaban J connectivity index is 1.72. The first-order valence-electron chi connectivity index (χ1n) is 7.94. The number of nitrogens with zero attached hydrogens (tertiary/aromatic N) is 2. The van der Waals surface area contributed by atoms with Crippen LogP contribution >= 0.6 is 0 Å². The molecule has 2 fully saturated rings. The van der Waals surface area contributed by atoms with Gasteiger partial charge in [-0.3, -0.25) is 9.69 Å². The van der Waals surface area contributed by atoms with Gasteiger partial charge in [0.1, 0.15) is 0 Å². The lowest BCUT2D eigenvalue weighted by Gasteiger charge is -2.39. The summed E-state index contributed by atoms with van der Waals surface area (Å²) in [6.07, 6.45) is 2.33. The van der Waals surface area contributed by atoms with Crippen molar-refractivity contribution in [1.82, 2.24) is 15.1 Å². The Morgan fingerprint density at radius 3 is 2.57 bits per heavy atom. The van der Waals surface area contributed by atoms with E-state index in [2.05, 4.69) is 29.2 Å². The van der Waals surface area contributed by atoms with Crippen LogP contribution in [0.25, 0.3) is 0 Å². The molecule has 0 aromatic rings. The summed E-state index contributed by atoms with van der Waals surface area (Å²) in [4.78, 5) is 15.6. The first-order valence-corrected chi connectivity index (χ1v) is 7.94. The van der Waals surface area contributed by atoms with Gasteiger partial charge in [0.2, 0.25) is 0 Å². The number of carboxylic acid groups (broad SMARTS) is 1. The van der Waals surface area contributed by atoms with E-state index in [4.69, 9.17) is 5.11 Å². The lowest BCUT2D eigenvalue weighted by Crippen LogP contribution is -2.55. The molecule has 2 rings (SSSR count). The highest BCUT2D eigenvalue weighted by molar-refractivity contribution is 5.70. The number of likely N-dealkylation sites (N-methyl/N-ethyl adjacent to an activating group) is 2. The molecule has 1 atom stereocenters. The van der Waals surface area contributed by atoms with E-state index in [1.54, 1.807) is 0 Å². The summed E-state index contributed by atoms with van der Waals surface area (Å²) in [6, 6.07) is 0.475. The van der Waals surface area contributed by atoms with Crippen LogP contribution in [0, 0.1) is 5.92 Å². The summed E-state index contributed by atoms with van der Waals surface area (Å²) in [5.74, 6) is -1.000. The van der Waals surface area contributed by atoms with Crippen molar-refractivity contribution in [2.45, 2.75) is 37.3 Å². The van der Waals surface area contributed by atoms with Crippen LogP contribution < -0.4 is 5.32 Å². The summed E-state index contributed by atoms with van der Waals surface area (Å²) >= 11 is 0. The zero-order valence-corrected chi connectivity index (χ0v) is 13.2. The molecule has 1 aliphatic heterocycles. The van der Waals surface area contributed by atoms with E-state index < -0.39 is 11.6 Å². The van der Waals surface area contributed by atoms with E-state index >= 15 is 0 Å². The summed E-state index contributed by atoms with van der Waals surface area (Å²) < 4.78 is 0. The molecule has 1 unspecified atom stereocenters. The second-order valence-electron chi connectivity index (χ2n) is 6.86. The average molecular weight is 299 g/mol. The van der Waals surface area contributed by atoms with Crippen molar-refractivity contribution >= 4 is 5.97 Å². The fraction of sp³-hybridized carbons (Fsp3) is 0.933. The van der Waals surface area contributed by atoms with Crippen molar-refractivity contribution in [3.8, 4) is 0 Å². The molecule has 6 nitrogen and oxygen atoms in total. The Morgan fingerprint density at radius 2 is 1.95 bits per heavy atom. The number of nitrogens with one attached hydrogen (secondary N) is 1. The number of hydrogen-bond acceptors (Lipinski definition) is 5. The predicted molar refractivity (Wildman–Crippen MR) is 81.3 cm³/mol. The van der Waals surface area contributed by atoms with Crippen LogP contribution in [0.3, 0.4) is 0 Å². The number of aliphatic hydroxyl groups is 1. The second kappa shape index (κ2) is 7.05. The normalized spacial score (nSPS) is 35.8. The zero-order chi connectivity index (χ0) is 15.5. The number of rotatable bonds is 5. The third-order valence-electron chi connectivity index (χ3n) is 5.08. The van der Waals surface area contributed by atoms with Crippen LogP contribution in [-0.2, 0) is 4.79 Å². The van der Waals surface area contributed by atoms with Crippen LogP contribution in [0.1, 0.15) is 25.7 Å². The highest BCUT2D eigenvalue weighted by atomic mass is 16.4. The first-order chi connectivity index (χ1) is 9.89.